The van der Waals surface area contributed by atoms with Crippen molar-refractivity contribution in [3.63, 3.8) is 0 Å². The summed E-state index contributed by atoms with van der Waals surface area (Å²) >= 11 is 0. The normalized spacial score (nSPS) is 26.0. The van der Waals surface area contributed by atoms with Crippen LogP contribution < -0.4 is 0 Å². The Morgan fingerprint density at radius 3 is 2.20 bits per heavy atom. The lowest BCUT2D eigenvalue weighted by Gasteiger charge is -2.40. The van der Waals surface area contributed by atoms with E-state index < -0.39 is 16.6 Å². The van der Waals surface area contributed by atoms with Gasteiger partial charge in [-0.1, -0.05) is 34.6 Å². The van der Waals surface area contributed by atoms with Crippen molar-refractivity contribution in [1.82, 2.24) is 0 Å². The van der Waals surface area contributed by atoms with Gasteiger partial charge < -0.3 is 8.85 Å². The molecule has 0 aromatic heterocycles. The second-order valence-electron chi connectivity index (χ2n) is 10.9. The molecule has 1 rings (SSSR count). The molecule has 25 heavy (non-hydrogen) atoms. The fourth-order valence-corrected chi connectivity index (χ4v) is 5.68. The van der Waals surface area contributed by atoms with Crippen LogP contribution in [0.1, 0.15) is 66.7 Å². The molecule has 2 unspecified atom stereocenters. The fourth-order valence-electron chi connectivity index (χ4n) is 3.32. The molecule has 2 nitrogen and oxygen atoms in total. The summed E-state index contributed by atoms with van der Waals surface area (Å²) in [7, 11) is -3.23. The molecule has 0 saturated heterocycles. The number of hydrogen-bond donors (Lipinski definition) is 0. The third-order valence-corrected chi connectivity index (χ3v) is 10.8. The van der Waals surface area contributed by atoms with Gasteiger partial charge in [0.2, 0.25) is 8.32 Å². The van der Waals surface area contributed by atoms with E-state index in [0.29, 0.717) is 17.9 Å². The van der Waals surface area contributed by atoms with Crippen LogP contribution in [0, 0.1) is 11.8 Å². The van der Waals surface area contributed by atoms with Gasteiger partial charge in [0.1, 0.15) is 0 Å². The molecule has 2 atom stereocenters. The number of rotatable bonds is 6. The lowest BCUT2D eigenvalue weighted by molar-refractivity contribution is 0.136. The topological polar surface area (TPSA) is 18.5 Å². The van der Waals surface area contributed by atoms with E-state index >= 15 is 0 Å². The van der Waals surface area contributed by atoms with Crippen molar-refractivity contribution in [2.75, 3.05) is 0 Å². The molecule has 148 valence electrons. The highest BCUT2D eigenvalue weighted by molar-refractivity contribution is 6.74. The molecule has 0 aromatic carbocycles. The van der Waals surface area contributed by atoms with Gasteiger partial charge in [-0.2, -0.15) is 0 Å². The van der Waals surface area contributed by atoms with E-state index in [0.717, 1.165) is 12.8 Å². The Balaban J connectivity index is 2.92. The number of allylic oxidation sites excluding steroid dienone is 2. The molecule has 0 fully saturated rings. The second-order valence-corrected chi connectivity index (χ2v) is 20.1. The van der Waals surface area contributed by atoms with Gasteiger partial charge in [-0.3, -0.25) is 0 Å². The Morgan fingerprint density at radius 2 is 1.72 bits per heavy atom. The Kier molecular flexibility index (Phi) is 8.04. The molecule has 0 aliphatic heterocycles. The van der Waals surface area contributed by atoms with E-state index in [2.05, 4.69) is 73.4 Å². The van der Waals surface area contributed by atoms with Gasteiger partial charge in [0, 0.05) is 12.5 Å². The maximum atomic E-state index is 6.80. The van der Waals surface area contributed by atoms with Crippen molar-refractivity contribution >= 4 is 16.6 Å². The Labute approximate surface area is 160 Å². The molecule has 0 saturated carbocycles. The maximum absolute atomic E-state index is 6.80. The summed E-state index contributed by atoms with van der Waals surface area (Å²) in [5.74, 6) is 2.55. The third kappa shape index (κ3) is 8.44. The standard InChI is InChI=1S/C21H44O2Si2/c1-17(2)14-18-15-19(22-24(6,7)8)12-11-13-20(16-18)23-25(9,10)21(3,4)5/h15,17-18,20H,11-14,16H2,1-10H3/b19-15+. The van der Waals surface area contributed by atoms with Crippen LogP contribution in [0.4, 0.5) is 0 Å². The van der Waals surface area contributed by atoms with Crippen LogP contribution in [-0.4, -0.2) is 22.7 Å². The van der Waals surface area contributed by atoms with Crippen LogP contribution in [0.3, 0.4) is 0 Å². The highest BCUT2D eigenvalue weighted by Crippen LogP contribution is 2.39. The average Bonchev–Trinajstić information content (AvgIpc) is 2.31. The van der Waals surface area contributed by atoms with Gasteiger partial charge in [0.15, 0.2) is 8.32 Å². The van der Waals surface area contributed by atoms with Gasteiger partial charge in [0.05, 0.1) is 5.76 Å². The van der Waals surface area contributed by atoms with Crippen molar-refractivity contribution in [3.8, 4) is 0 Å². The lowest BCUT2D eigenvalue weighted by Crippen LogP contribution is -2.44. The van der Waals surface area contributed by atoms with E-state index in [1.54, 1.807) is 0 Å². The van der Waals surface area contributed by atoms with Gasteiger partial charge in [-0.25, -0.2) is 0 Å². The molecular weight excluding hydrogens is 340 g/mol. The number of hydrogen-bond acceptors (Lipinski definition) is 2. The van der Waals surface area contributed by atoms with E-state index in [4.69, 9.17) is 8.85 Å². The van der Waals surface area contributed by atoms with Gasteiger partial charge in [-0.05, 0) is 81.4 Å². The lowest BCUT2D eigenvalue weighted by atomic mass is 9.88. The third-order valence-electron chi connectivity index (χ3n) is 5.42. The molecule has 0 heterocycles. The fraction of sp³-hybridized carbons (Fsp3) is 0.905. The molecular formula is C21H44O2Si2. The zero-order valence-corrected chi connectivity index (χ0v) is 20.7. The Bertz CT molecular complexity index is 442. The van der Waals surface area contributed by atoms with E-state index in [-0.39, 0.29) is 5.04 Å². The summed E-state index contributed by atoms with van der Waals surface area (Å²) in [6.07, 6.45) is 8.70. The van der Waals surface area contributed by atoms with Crippen LogP contribution in [0.2, 0.25) is 37.8 Å². The molecule has 0 aromatic rings. The van der Waals surface area contributed by atoms with Crippen molar-refractivity contribution in [2.24, 2.45) is 11.8 Å². The summed E-state index contributed by atoms with van der Waals surface area (Å²) in [6.45, 7) is 23.3. The summed E-state index contributed by atoms with van der Waals surface area (Å²) in [4.78, 5) is 0. The highest BCUT2D eigenvalue weighted by atomic mass is 28.4. The zero-order valence-electron chi connectivity index (χ0n) is 18.7. The van der Waals surface area contributed by atoms with Gasteiger partial charge >= 0.3 is 0 Å². The molecule has 0 N–H and O–H groups in total. The van der Waals surface area contributed by atoms with Crippen molar-refractivity contribution in [1.29, 1.82) is 0 Å². The summed E-state index contributed by atoms with van der Waals surface area (Å²) in [6, 6.07) is 0. The molecule has 1 aliphatic rings. The van der Waals surface area contributed by atoms with Gasteiger partial charge in [0.25, 0.3) is 0 Å². The van der Waals surface area contributed by atoms with Gasteiger partial charge in [-0.15, -0.1) is 0 Å². The smallest absolute Gasteiger partial charge is 0.241 e. The molecule has 1 aliphatic carbocycles. The highest BCUT2D eigenvalue weighted by Gasteiger charge is 2.39. The SMILES string of the molecule is CC(C)CC1/C=C(/O[Si](C)(C)C)CCCC(O[Si](C)(C)C(C)(C)C)C1. The quantitative estimate of drug-likeness (QED) is 0.446. The van der Waals surface area contributed by atoms with Crippen molar-refractivity contribution in [2.45, 2.75) is 111 Å². The molecule has 0 bridgehead atoms. The minimum absolute atomic E-state index is 0.283. The minimum Gasteiger partial charge on any atom is -0.548 e. The van der Waals surface area contributed by atoms with Crippen molar-refractivity contribution < 1.29 is 8.85 Å². The first-order chi connectivity index (χ1) is 11.2. The zero-order chi connectivity index (χ0) is 19.5. The van der Waals surface area contributed by atoms with E-state index in [9.17, 15) is 0 Å². The van der Waals surface area contributed by atoms with Crippen molar-refractivity contribution in [3.05, 3.63) is 11.8 Å². The summed E-state index contributed by atoms with van der Waals surface area (Å²) < 4.78 is 13.2. The van der Waals surface area contributed by atoms with E-state index in [1.807, 2.05) is 0 Å². The van der Waals surface area contributed by atoms with Crippen LogP contribution in [0.5, 0.6) is 0 Å². The van der Waals surface area contributed by atoms with Crippen LogP contribution in [0.15, 0.2) is 11.8 Å². The van der Waals surface area contributed by atoms with E-state index in [1.165, 1.54) is 25.0 Å². The average molecular weight is 385 g/mol. The minimum atomic E-state index is -1.70. The Morgan fingerprint density at radius 1 is 1.12 bits per heavy atom. The van der Waals surface area contributed by atoms with Crippen LogP contribution in [-0.2, 0) is 8.85 Å². The molecule has 0 amide bonds. The molecule has 0 radical (unpaired) electrons. The first-order valence-electron chi connectivity index (χ1n) is 10.3. The maximum Gasteiger partial charge on any atom is 0.241 e. The predicted octanol–water partition coefficient (Wildman–Crippen LogP) is 7.35. The van der Waals surface area contributed by atoms with Crippen LogP contribution in [0.25, 0.3) is 0 Å². The first kappa shape index (κ1) is 23.0. The molecule has 0 spiro atoms. The first-order valence-corrected chi connectivity index (χ1v) is 16.6. The monoisotopic (exact) mass is 384 g/mol. The predicted molar refractivity (Wildman–Crippen MR) is 116 cm³/mol. The second kappa shape index (κ2) is 8.75. The summed E-state index contributed by atoms with van der Waals surface area (Å²) in [5.41, 5.74) is 0. The van der Waals surface area contributed by atoms with Crippen LogP contribution >= 0.6 is 0 Å². The Hall–Kier alpha value is -0.0662. The largest absolute Gasteiger partial charge is 0.548 e. The molecule has 4 heteroatoms. The summed E-state index contributed by atoms with van der Waals surface area (Å²) in [5, 5.41) is 0.283.